The Morgan fingerprint density at radius 1 is 1.30 bits per heavy atom. The van der Waals surface area contributed by atoms with Gasteiger partial charge in [-0.1, -0.05) is 19.1 Å². The fraction of sp³-hybridized carbons (Fsp3) is 0.300. The average molecular weight is 367 g/mol. The number of rotatable bonds is 3. The smallest absolute Gasteiger partial charge is 0.345 e. The number of nitrogens with zero attached hydrogens (tertiary/aromatic N) is 1. The Morgan fingerprint density at radius 3 is 2.78 bits per heavy atom. The molecule has 2 aromatic heterocycles. The summed E-state index contributed by atoms with van der Waals surface area (Å²) in [7, 11) is 2.09. The maximum absolute atomic E-state index is 12.2. The summed E-state index contributed by atoms with van der Waals surface area (Å²) in [5, 5.41) is 20.7. The molecule has 0 saturated carbocycles. The van der Waals surface area contributed by atoms with E-state index in [1.54, 1.807) is 0 Å². The molecule has 1 aromatic carbocycles. The predicted molar refractivity (Wildman–Crippen MR) is 102 cm³/mol. The lowest BCUT2D eigenvalue weighted by Gasteiger charge is -2.22. The molecule has 7 heteroatoms. The van der Waals surface area contributed by atoms with Crippen molar-refractivity contribution in [2.45, 2.75) is 26.3 Å². The van der Waals surface area contributed by atoms with E-state index in [0.29, 0.717) is 17.7 Å². The van der Waals surface area contributed by atoms with E-state index in [9.17, 15) is 19.8 Å². The van der Waals surface area contributed by atoms with Crippen LogP contribution in [0.15, 0.2) is 23.0 Å². The lowest BCUT2D eigenvalue weighted by molar-refractivity contribution is 0.0691. The van der Waals surface area contributed by atoms with Crippen LogP contribution in [0.5, 0.6) is 5.75 Å². The molecule has 0 unspecified atom stereocenters. The highest BCUT2D eigenvalue weighted by atomic mass is 16.4. The molecule has 0 spiro atoms. The number of H-pyrrole nitrogens is 2. The number of carbonyl (C=O) groups is 1. The van der Waals surface area contributed by atoms with Crippen LogP contribution in [0.2, 0.25) is 0 Å². The van der Waals surface area contributed by atoms with Gasteiger partial charge in [-0.2, -0.15) is 0 Å². The number of benzene rings is 1. The standard InChI is InChI=1S/C20H21N3O4/c1-3-11-17(22-19(25)16(18(11)24)20(26)27)10-4-5-12-13-6-7-23(2)9-15(13)21-14(12)8-10/h4-5,8,21H,3,6-7,9H2,1-2H3,(H,26,27)(H2,22,24,25). The Hall–Kier alpha value is -3.06. The van der Waals surface area contributed by atoms with E-state index in [1.165, 1.54) is 11.3 Å². The van der Waals surface area contributed by atoms with Gasteiger partial charge in [0.1, 0.15) is 5.75 Å². The van der Waals surface area contributed by atoms with E-state index < -0.39 is 22.8 Å². The molecular formula is C20H21N3O4. The van der Waals surface area contributed by atoms with E-state index in [-0.39, 0.29) is 0 Å². The molecule has 4 N–H and O–H groups in total. The van der Waals surface area contributed by atoms with Crippen molar-refractivity contribution in [3.05, 3.63) is 50.9 Å². The van der Waals surface area contributed by atoms with E-state index in [0.717, 1.165) is 36.0 Å². The summed E-state index contributed by atoms with van der Waals surface area (Å²) < 4.78 is 0. The highest BCUT2D eigenvalue weighted by Gasteiger charge is 2.23. The lowest BCUT2D eigenvalue weighted by Crippen LogP contribution is -2.26. The van der Waals surface area contributed by atoms with Crippen molar-refractivity contribution in [2.24, 2.45) is 0 Å². The van der Waals surface area contributed by atoms with Crippen LogP contribution >= 0.6 is 0 Å². The molecule has 0 aliphatic carbocycles. The number of aromatic amines is 2. The molecular weight excluding hydrogens is 346 g/mol. The highest BCUT2D eigenvalue weighted by molar-refractivity contribution is 5.93. The number of pyridine rings is 1. The fourth-order valence-electron chi connectivity index (χ4n) is 3.96. The summed E-state index contributed by atoms with van der Waals surface area (Å²) >= 11 is 0. The van der Waals surface area contributed by atoms with Crippen molar-refractivity contribution in [3.8, 4) is 17.0 Å². The lowest BCUT2D eigenvalue weighted by atomic mass is 9.98. The average Bonchev–Trinajstić information content (AvgIpc) is 2.97. The second-order valence-electron chi connectivity index (χ2n) is 7.02. The minimum atomic E-state index is -1.44. The van der Waals surface area contributed by atoms with Crippen LogP contribution in [-0.4, -0.2) is 44.6 Å². The molecule has 1 aliphatic heterocycles. The number of aromatic hydroxyl groups is 1. The molecule has 0 amide bonds. The van der Waals surface area contributed by atoms with Crippen molar-refractivity contribution < 1.29 is 15.0 Å². The molecule has 0 saturated heterocycles. The third-order valence-electron chi connectivity index (χ3n) is 5.31. The summed E-state index contributed by atoms with van der Waals surface area (Å²) in [4.78, 5) is 31.8. The first-order chi connectivity index (χ1) is 12.9. The van der Waals surface area contributed by atoms with Crippen LogP contribution in [0.3, 0.4) is 0 Å². The van der Waals surface area contributed by atoms with Gasteiger partial charge in [-0.25, -0.2) is 4.79 Å². The molecule has 27 heavy (non-hydrogen) atoms. The second kappa shape index (κ2) is 6.28. The Bertz CT molecular complexity index is 1130. The number of hydrogen-bond acceptors (Lipinski definition) is 4. The van der Waals surface area contributed by atoms with Crippen LogP contribution in [0.1, 0.15) is 34.1 Å². The molecule has 0 radical (unpaired) electrons. The van der Waals surface area contributed by atoms with E-state index in [2.05, 4.69) is 21.9 Å². The minimum absolute atomic E-state index is 0.391. The number of carboxylic acids is 1. The van der Waals surface area contributed by atoms with Crippen molar-refractivity contribution >= 4 is 16.9 Å². The van der Waals surface area contributed by atoms with Crippen molar-refractivity contribution in [3.63, 3.8) is 0 Å². The van der Waals surface area contributed by atoms with E-state index in [4.69, 9.17) is 0 Å². The van der Waals surface area contributed by atoms with Gasteiger partial charge in [0.25, 0.3) is 5.56 Å². The maximum atomic E-state index is 12.2. The summed E-state index contributed by atoms with van der Waals surface area (Å²) in [6.45, 7) is 3.69. The number of aromatic carboxylic acids is 1. The van der Waals surface area contributed by atoms with Crippen LogP contribution in [0.4, 0.5) is 0 Å². The highest BCUT2D eigenvalue weighted by Crippen LogP contribution is 2.33. The van der Waals surface area contributed by atoms with Gasteiger partial charge in [0.05, 0.1) is 5.69 Å². The number of likely N-dealkylation sites (N-methyl/N-ethyl adjacent to an activating group) is 1. The summed E-state index contributed by atoms with van der Waals surface area (Å²) in [5.41, 5.74) is 3.68. The Balaban J connectivity index is 1.90. The number of carboxylic acid groups (broad SMARTS) is 1. The zero-order valence-electron chi connectivity index (χ0n) is 15.2. The largest absolute Gasteiger partial charge is 0.506 e. The zero-order valence-corrected chi connectivity index (χ0v) is 15.2. The topological polar surface area (TPSA) is 109 Å². The second-order valence-corrected chi connectivity index (χ2v) is 7.02. The third-order valence-corrected chi connectivity index (χ3v) is 5.31. The van der Waals surface area contributed by atoms with Crippen molar-refractivity contribution in [1.82, 2.24) is 14.9 Å². The minimum Gasteiger partial charge on any atom is -0.506 e. The number of fused-ring (bicyclic) bond motifs is 3. The van der Waals surface area contributed by atoms with Crippen molar-refractivity contribution in [2.75, 3.05) is 13.6 Å². The van der Waals surface area contributed by atoms with Gasteiger partial charge in [0.2, 0.25) is 0 Å². The van der Waals surface area contributed by atoms with Gasteiger partial charge >= 0.3 is 5.97 Å². The molecule has 0 atom stereocenters. The van der Waals surface area contributed by atoms with Gasteiger partial charge < -0.3 is 25.1 Å². The molecule has 3 aromatic rings. The molecule has 1 aliphatic rings. The number of nitrogens with one attached hydrogen (secondary N) is 2. The molecule has 4 rings (SSSR count). The van der Waals surface area contributed by atoms with E-state index >= 15 is 0 Å². The van der Waals surface area contributed by atoms with Crippen molar-refractivity contribution in [1.29, 1.82) is 0 Å². The SMILES string of the molecule is CCc1c(-c2ccc3c4c([nH]c3c2)CN(C)CC4)[nH]c(=O)c(C(=O)O)c1O. The Kier molecular flexibility index (Phi) is 4.04. The predicted octanol–water partition coefficient (Wildman–Crippen LogP) is 2.48. The van der Waals surface area contributed by atoms with Gasteiger partial charge in [0, 0.05) is 40.8 Å². The van der Waals surface area contributed by atoms with Gasteiger partial charge in [0.15, 0.2) is 5.56 Å². The normalized spacial score (nSPS) is 14.4. The van der Waals surface area contributed by atoms with Gasteiger partial charge in [-0.05, 0) is 31.5 Å². The van der Waals surface area contributed by atoms with Crippen LogP contribution in [0, 0.1) is 0 Å². The van der Waals surface area contributed by atoms with Crippen LogP contribution in [-0.2, 0) is 19.4 Å². The summed E-state index contributed by atoms with van der Waals surface area (Å²) in [6.07, 6.45) is 1.37. The van der Waals surface area contributed by atoms with Gasteiger partial charge in [-0.3, -0.25) is 4.79 Å². The monoisotopic (exact) mass is 367 g/mol. The zero-order chi connectivity index (χ0) is 19.3. The van der Waals surface area contributed by atoms with Gasteiger partial charge in [-0.15, -0.1) is 0 Å². The first-order valence-electron chi connectivity index (χ1n) is 8.94. The molecule has 3 heterocycles. The Morgan fingerprint density at radius 2 is 2.07 bits per heavy atom. The summed E-state index contributed by atoms with van der Waals surface area (Å²) in [5.74, 6) is -1.90. The molecule has 7 nitrogen and oxygen atoms in total. The summed E-state index contributed by atoms with van der Waals surface area (Å²) in [6, 6.07) is 5.86. The number of hydrogen-bond donors (Lipinski definition) is 4. The molecule has 0 fully saturated rings. The quantitative estimate of drug-likeness (QED) is 0.569. The molecule has 0 bridgehead atoms. The number of aromatic nitrogens is 2. The Labute approximate surface area is 155 Å². The molecule has 140 valence electrons. The van der Waals surface area contributed by atoms with Crippen LogP contribution in [0.25, 0.3) is 22.2 Å². The third kappa shape index (κ3) is 2.71. The van der Waals surface area contributed by atoms with Crippen LogP contribution < -0.4 is 5.56 Å². The maximum Gasteiger partial charge on any atom is 0.345 e. The first kappa shape index (κ1) is 17.4. The van der Waals surface area contributed by atoms with E-state index in [1.807, 2.05) is 25.1 Å². The fourth-order valence-corrected chi connectivity index (χ4v) is 3.96. The first-order valence-corrected chi connectivity index (χ1v) is 8.94.